The van der Waals surface area contributed by atoms with Crippen LogP contribution in [-0.2, 0) is 4.79 Å². The number of nitrogens with one attached hydrogen (secondary N) is 1. The van der Waals surface area contributed by atoms with E-state index in [0.29, 0.717) is 11.4 Å². The number of hydrogen-bond donors (Lipinski definition) is 2. The van der Waals surface area contributed by atoms with Gasteiger partial charge in [-0.2, -0.15) is 5.26 Å². The summed E-state index contributed by atoms with van der Waals surface area (Å²) in [4.78, 5) is 12.5. The standard InChI is InChI=1S/C21H17N3O2/c1-15-5-2-3-7-20(15)23-21(26)16(14-22)13-18-6-4-12-24(18)17-8-10-19(25)11-9-17/h2-13,25H,1H3,(H,23,26)/b16-13-. The fraction of sp³-hybridized carbons (Fsp3) is 0.0476. The minimum absolute atomic E-state index is 0.00646. The molecule has 1 aromatic heterocycles. The second-order valence-corrected chi connectivity index (χ2v) is 5.76. The van der Waals surface area contributed by atoms with E-state index in [1.54, 1.807) is 36.4 Å². The van der Waals surface area contributed by atoms with Crippen molar-refractivity contribution in [2.75, 3.05) is 5.32 Å². The van der Waals surface area contributed by atoms with Crippen molar-refractivity contribution in [2.45, 2.75) is 6.92 Å². The summed E-state index contributed by atoms with van der Waals surface area (Å²) in [7, 11) is 0. The van der Waals surface area contributed by atoms with Crippen molar-refractivity contribution in [3.8, 4) is 17.5 Å². The molecule has 3 rings (SSSR count). The molecule has 0 unspecified atom stereocenters. The SMILES string of the molecule is Cc1ccccc1NC(=O)/C(C#N)=C\c1cccn1-c1ccc(O)cc1. The Labute approximate surface area is 151 Å². The molecule has 0 aliphatic carbocycles. The first-order valence-corrected chi connectivity index (χ1v) is 8.04. The lowest BCUT2D eigenvalue weighted by Crippen LogP contribution is -2.14. The molecular formula is C21H17N3O2. The Hall–Kier alpha value is -3.78. The number of amides is 1. The van der Waals surface area contributed by atoms with Crippen LogP contribution in [0.5, 0.6) is 5.75 Å². The molecule has 1 heterocycles. The number of para-hydroxylation sites is 1. The third-order valence-corrected chi connectivity index (χ3v) is 3.96. The van der Waals surface area contributed by atoms with E-state index in [4.69, 9.17) is 0 Å². The van der Waals surface area contributed by atoms with E-state index >= 15 is 0 Å². The van der Waals surface area contributed by atoms with Crippen molar-refractivity contribution < 1.29 is 9.90 Å². The van der Waals surface area contributed by atoms with E-state index in [2.05, 4.69) is 5.32 Å². The molecule has 0 aliphatic rings. The van der Waals surface area contributed by atoms with Gasteiger partial charge in [0.15, 0.2) is 0 Å². The molecule has 2 aromatic carbocycles. The maximum Gasteiger partial charge on any atom is 0.266 e. The van der Waals surface area contributed by atoms with Gasteiger partial charge in [-0.25, -0.2) is 0 Å². The monoisotopic (exact) mass is 343 g/mol. The Morgan fingerprint density at radius 3 is 2.54 bits per heavy atom. The topological polar surface area (TPSA) is 78.0 Å². The van der Waals surface area contributed by atoms with E-state index in [-0.39, 0.29) is 11.3 Å². The van der Waals surface area contributed by atoms with E-state index in [1.165, 1.54) is 0 Å². The summed E-state index contributed by atoms with van der Waals surface area (Å²) in [5.74, 6) is -0.284. The van der Waals surface area contributed by atoms with Crippen LogP contribution in [0.25, 0.3) is 11.8 Å². The smallest absolute Gasteiger partial charge is 0.266 e. The predicted molar refractivity (Wildman–Crippen MR) is 101 cm³/mol. The van der Waals surface area contributed by atoms with Crippen LogP contribution >= 0.6 is 0 Å². The fourth-order valence-electron chi connectivity index (χ4n) is 2.56. The molecular weight excluding hydrogens is 326 g/mol. The number of carbonyl (C=O) groups is 1. The highest BCUT2D eigenvalue weighted by molar-refractivity contribution is 6.09. The minimum Gasteiger partial charge on any atom is -0.508 e. The predicted octanol–water partition coefficient (Wildman–Crippen LogP) is 4.04. The molecule has 0 aliphatic heterocycles. The first-order valence-electron chi connectivity index (χ1n) is 8.04. The normalized spacial score (nSPS) is 11.0. The van der Waals surface area contributed by atoms with Crippen molar-refractivity contribution >= 4 is 17.7 Å². The molecule has 1 amide bonds. The number of aryl methyl sites for hydroxylation is 1. The lowest BCUT2D eigenvalue weighted by molar-refractivity contribution is -0.112. The summed E-state index contributed by atoms with van der Waals surface area (Å²) in [5, 5.41) is 21.6. The van der Waals surface area contributed by atoms with Gasteiger partial charge in [0.25, 0.3) is 5.91 Å². The van der Waals surface area contributed by atoms with Crippen LogP contribution in [0.1, 0.15) is 11.3 Å². The van der Waals surface area contributed by atoms with E-state index in [0.717, 1.165) is 11.3 Å². The summed E-state index contributed by atoms with van der Waals surface area (Å²) in [6, 6.07) is 19.7. The molecule has 0 spiro atoms. The summed E-state index contributed by atoms with van der Waals surface area (Å²) >= 11 is 0. The second-order valence-electron chi connectivity index (χ2n) is 5.76. The van der Waals surface area contributed by atoms with Crippen molar-refractivity contribution in [1.29, 1.82) is 5.26 Å². The Morgan fingerprint density at radius 2 is 1.85 bits per heavy atom. The second kappa shape index (κ2) is 7.41. The molecule has 5 nitrogen and oxygen atoms in total. The van der Waals surface area contributed by atoms with Crippen LogP contribution < -0.4 is 5.32 Å². The van der Waals surface area contributed by atoms with E-state index in [9.17, 15) is 15.2 Å². The van der Waals surface area contributed by atoms with E-state index in [1.807, 2.05) is 54.1 Å². The number of hydrogen-bond acceptors (Lipinski definition) is 3. The van der Waals surface area contributed by atoms with Crippen molar-refractivity contribution in [1.82, 2.24) is 4.57 Å². The van der Waals surface area contributed by atoms with Crippen LogP contribution in [-0.4, -0.2) is 15.6 Å². The first-order chi connectivity index (χ1) is 12.6. The minimum atomic E-state index is -0.458. The number of aromatic nitrogens is 1. The number of carbonyl (C=O) groups excluding carboxylic acids is 1. The van der Waals surface area contributed by atoms with Crippen LogP contribution in [0.4, 0.5) is 5.69 Å². The lowest BCUT2D eigenvalue weighted by Gasteiger charge is -2.09. The number of nitrogens with zero attached hydrogens (tertiary/aromatic N) is 2. The Kier molecular flexibility index (Phi) is 4.86. The van der Waals surface area contributed by atoms with Gasteiger partial charge >= 0.3 is 0 Å². The molecule has 2 N–H and O–H groups in total. The average Bonchev–Trinajstić information content (AvgIpc) is 3.10. The highest BCUT2D eigenvalue weighted by Gasteiger charge is 2.12. The zero-order valence-electron chi connectivity index (χ0n) is 14.2. The number of nitriles is 1. The third-order valence-electron chi connectivity index (χ3n) is 3.96. The molecule has 0 fully saturated rings. The van der Waals surface area contributed by atoms with Gasteiger partial charge in [0.1, 0.15) is 17.4 Å². The average molecular weight is 343 g/mol. The van der Waals surface area contributed by atoms with Crippen LogP contribution in [0.3, 0.4) is 0 Å². The maximum atomic E-state index is 12.5. The molecule has 0 atom stereocenters. The summed E-state index contributed by atoms with van der Waals surface area (Å²) < 4.78 is 1.83. The quantitative estimate of drug-likeness (QED) is 0.554. The molecule has 3 aromatic rings. The number of phenolic OH excluding ortho intramolecular Hbond substituents is 1. The molecule has 26 heavy (non-hydrogen) atoms. The Morgan fingerprint density at radius 1 is 1.12 bits per heavy atom. The Bertz CT molecular complexity index is 1010. The van der Waals surface area contributed by atoms with Crippen LogP contribution in [0.15, 0.2) is 72.4 Å². The number of aromatic hydroxyl groups is 1. The van der Waals surface area contributed by atoms with E-state index < -0.39 is 5.91 Å². The third kappa shape index (κ3) is 3.65. The van der Waals surface area contributed by atoms with Gasteiger partial charge in [-0.05, 0) is 61.0 Å². The summed E-state index contributed by atoms with van der Waals surface area (Å²) in [5.41, 5.74) is 3.10. The Balaban J connectivity index is 1.90. The van der Waals surface area contributed by atoms with Gasteiger partial charge in [-0.3, -0.25) is 4.79 Å². The fourth-order valence-corrected chi connectivity index (χ4v) is 2.56. The maximum absolute atomic E-state index is 12.5. The van der Waals surface area contributed by atoms with Gasteiger partial charge in [-0.15, -0.1) is 0 Å². The van der Waals surface area contributed by atoms with Crippen LogP contribution in [0.2, 0.25) is 0 Å². The highest BCUT2D eigenvalue weighted by Crippen LogP contribution is 2.19. The van der Waals surface area contributed by atoms with Gasteiger partial charge < -0.3 is 15.0 Å². The van der Waals surface area contributed by atoms with Gasteiger partial charge in [0.05, 0.1) is 0 Å². The van der Waals surface area contributed by atoms with Crippen molar-refractivity contribution in [3.05, 3.63) is 83.7 Å². The number of rotatable bonds is 4. The van der Waals surface area contributed by atoms with Gasteiger partial charge in [0.2, 0.25) is 0 Å². The molecule has 0 saturated carbocycles. The molecule has 0 bridgehead atoms. The summed E-state index contributed by atoms with van der Waals surface area (Å²) in [6.45, 7) is 1.89. The molecule has 0 saturated heterocycles. The molecule has 128 valence electrons. The molecule has 5 heteroatoms. The summed E-state index contributed by atoms with van der Waals surface area (Å²) in [6.07, 6.45) is 3.37. The van der Waals surface area contributed by atoms with Crippen LogP contribution in [0, 0.1) is 18.3 Å². The van der Waals surface area contributed by atoms with Crippen molar-refractivity contribution in [3.63, 3.8) is 0 Å². The van der Waals surface area contributed by atoms with Gasteiger partial charge in [-0.1, -0.05) is 18.2 Å². The highest BCUT2D eigenvalue weighted by atomic mass is 16.3. The zero-order chi connectivity index (χ0) is 18.5. The zero-order valence-corrected chi connectivity index (χ0v) is 14.2. The van der Waals surface area contributed by atoms with Crippen molar-refractivity contribution in [2.24, 2.45) is 0 Å². The number of phenols is 1. The first kappa shape index (κ1) is 17.1. The van der Waals surface area contributed by atoms with Gasteiger partial charge in [0, 0.05) is 23.3 Å². The molecule has 0 radical (unpaired) electrons. The lowest BCUT2D eigenvalue weighted by atomic mass is 10.1. The number of benzene rings is 2. The number of anilines is 1. The largest absolute Gasteiger partial charge is 0.508 e.